The largest absolute Gasteiger partial charge is 0.494 e. The van der Waals surface area contributed by atoms with E-state index in [0.29, 0.717) is 44.0 Å². The van der Waals surface area contributed by atoms with E-state index in [4.69, 9.17) is 4.74 Å². The number of amides is 1. The summed E-state index contributed by atoms with van der Waals surface area (Å²) >= 11 is 1.18. The molecule has 194 valence electrons. The van der Waals surface area contributed by atoms with Crippen LogP contribution in [0.4, 0.5) is 13.9 Å². The second-order valence-electron chi connectivity index (χ2n) is 8.94. The lowest BCUT2D eigenvalue weighted by atomic mass is 9.90. The number of carbonyl (C=O) groups is 1. The van der Waals surface area contributed by atoms with E-state index in [1.807, 2.05) is 0 Å². The first-order valence-corrected chi connectivity index (χ1v) is 13.0. The average Bonchev–Trinajstić information content (AvgIpc) is 3.33. The van der Waals surface area contributed by atoms with Crippen LogP contribution in [0.5, 0.6) is 5.75 Å². The van der Waals surface area contributed by atoms with E-state index in [1.165, 1.54) is 56.2 Å². The van der Waals surface area contributed by atoms with Gasteiger partial charge in [0.1, 0.15) is 17.1 Å². The van der Waals surface area contributed by atoms with Crippen LogP contribution in [0.3, 0.4) is 0 Å². The van der Waals surface area contributed by atoms with Crippen LogP contribution >= 0.6 is 11.3 Å². The van der Waals surface area contributed by atoms with Crippen LogP contribution in [-0.4, -0.2) is 37.9 Å². The van der Waals surface area contributed by atoms with Crippen LogP contribution < -0.4 is 10.1 Å². The zero-order chi connectivity index (χ0) is 26.6. The Morgan fingerprint density at radius 2 is 1.89 bits per heavy atom. The summed E-state index contributed by atoms with van der Waals surface area (Å²) in [5.41, 5.74) is 1.99. The highest BCUT2D eigenvalue weighted by Crippen LogP contribution is 2.35. The smallest absolute Gasteiger partial charge is 0.280 e. The fourth-order valence-electron chi connectivity index (χ4n) is 4.34. The molecule has 0 unspecified atom stereocenters. The summed E-state index contributed by atoms with van der Waals surface area (Å²) in [6.45, 7) is 1.74. The van der Waals surface area contributed by atoms with Crippen LogP contribution in [0.25, 0.3) is 21.6 Å². The van der Waals surface area contributed by atoms with Crippen molar-refractivity contribution >= 4 is 32.9 Å². The summed E-state index contributed by atoms with van der Waals surface area (Å²) in [5.74, 6) is 6.56. The van der Waals surface area contributed by atoms with E-state index in [2.05, 4.69) is 42.1 Å². The quantitative estimate of drug-likeness (QED) is 0.314. The van der Waals surface area contributed by atoms with Crippen LogP contribution in [0, 0.1) is 24.7 Å². The van der Waals surface area contributed by atoms with Gasteiger partial charge in [0, 0.05) is 28.9 Å². The molecule has 5 rings (SSSR count). The lowest BCUT2D eigenvalue weighted by molar-refractivity contribution is 0.102. The number of anilines is 1. The molecule has 8 nitrogen and oxygen atoms in total. The van der Waals surface area contributed by atoms with Gasteiger partial charge in [-0.25, -0.2) is 18.7 Å². The molecular weight excluding hydrogens is 510 g/mol. The molecule has 1 fully saturated rings. The van der Waals surface area contributed by atoms with Gasteiger partial charge in [-0.05, 0) is 37.8 Å². The lowest BCUT2D eigenvalue weighted by Gasteiger charge is -2.15. The number of pyridine rings is 2. The Labute approximate surface area is 221 Å². The molecule has 11 heteroatoms. The molecule has 0 atom stereocenters. The highest BCUT2D eigenvalue weighted by molar-refractivity contribution is 7.21. The van der Waals surface area contributed by atoms with Crippen molar-refractivity contribution in [2.24, 2.45) is 5.92 Å². The number of methoxy groups -OCH3 is 1. The number of ether oxygens (including phenoxy) is 1. The van der Waals surface area contributed by atoms with Crippen molar-refractivity contribution in [2.45, 2.75) is 45.5 Å². The first-order valence-electron chi connectivity index (χ1n) is 12.2. The third kappa shape index (κ3) is 5.60. The van der Waals surface area contributed by atoms with E-state index in [9.17, 15) is 13.6 Å². The van der Waals surface area contributed by atoms with Crippen LogP contribution in [0.2, 0.25) is 0 Å². The maximum absolute atomic E-state index is 13.4. The first kappa shape index (κ1) is 25.6. The number of fused-ring (bicyclic) bond motifs is 1. The Morgan fingerprint density at radius 1 is 1.08 bits per heavy atom. The predicted molar refractivity (Wildman–Crippen MR) is 140 cm³/mol. The van der Waals surface area contributed by atoms with Gasteiger partial charge in [0.25, 0.3) is 12.3 Å². The number of rotatable bonds is 5. The summed E-state index contributed by atoms with van der Waals surface area (Å²) in [7, 11) is 1.41. The number of hydrogen-bond donors (Lipinski definition) is 1. The van der Waals surface area contributed by atoms with Crippen molar-refractivity contribution < 1.29 is 18.3 Å². The molecule has 1 saturated carbocycles. The number of thiazole rings is 1. The topological polar surface area (TPSA) is 103 Å². The third-order valence-corrected chi connectivity index (χ3v) is 7.11. The predicted octanol–water partition coefficient (Wildman–Crippen LogP) is 5.98. The molecule has 4 heterocycles. The first-order chi connectivity index (χ1) is 18.4. The van der Waals surface area contributed by atoms with Gasteiger partial charge in [-0.3, -0.25) is 20.1 Å². The molecule has 1 aliphatic rings. The summed E-state index contributed by atoms with van der Waals surface area (Å²) in [6.07, 6.45) is 7.34. The Bertz CT molecular complexity index is 1560. The van der Waals surface area contributed by atoms with E-state index < -0.39 is 18.0 Å². The molecule has 0 saturated heterocycles. The number of halogens is 2. The molecule has 1 amide bonds. The molecule has 38 heavy (non-hydrogen) atoms. The van der Waals surface area contributed by atoms with Gasteiger partial charge in [-0.15, -0.1) is 0 Å². The monoisotopic (exact) mass is 534 g/mol. The van der Waals surface area contributed by atoms with Gasteiger partial charge in [0.2, 0.25) is 0 Å². The molecule has 0 aromatic carbocycles. The van der Waals surface area contributed by atoms with Crippen molar-refractivity contribution in [3.8, 4) is 28.7 Å². The van der Waals surface area contributed by atoms with E-state index in [0.717, 1.165) is 12.8 Å². The van der Waals surface area contributed by atoms with E-state index >= 15 is 0 Å². The van der Waals surface area contributed by atoms with Crippen LogP contribution in [-0.2, 0) is 0 Å². The normalized spacial score (nSPS) is 13.8. The maximum Gasteiger partial charge on any atom is 0.280 e. The molecule has 0 radical (unpaired) electrons. The van der Waals surface area contributed by atoms with E-state index in [1.54, 1.807) is 19.2 Å². The summed E-state index contributed by atoms with van der Waals surface area (Å²) in [4.78, 5) is 35.1. The fourth-order valence-corrected chi connectivity index (χ4v) is 5.13. The van der Waals surface area contributed by atoms with Gasteiger partial charge in [-0.2, -0.15) is 4.98 Å². The highest BCUT2D eigenvalue weighted by atomic mass is 32.1. The van der Waals surface area contributed by atoms with Gasteiger partial charge >= 0.3 is 0 Å². The number of carbonyl (C=O) groups excluding carboxylic acids is 1. The molecule has 1 aliphatic carbocycles. The van der Waals surface area contributed by atoms with Crippen LogP contribution in [0.15, 0.2) is 30.7 Å². The number of alkyl halides is 2. The highest BCUT2D eigenvalue weighted by Gasteiger charge is 2.21. The number of nitrogens with zero attached hydrogens (tertiary/aromatic N) is 5. The Morgan fingerprint density at radius 3 is 2.66 bits per heavy atom. The molecule has 0 spiro atoms. The summed E-state index contributed by atoms with van der Waals surface area (Å²) in [5, 5.41) is 3.06. The Hall–Kier alpha value is -4.04. The number of aromatic nitrogens is 5. The van der Waals surface area contributed by atoms with Gasteiger partial charge in [0.15, 0.2) is 15.6 Å². The summed E-state index contributed by atoms with van der Waals surface area (Å²) in [6, 6.07) is 2.86. The second-order valence-corrected chi connectivity index (χ2v) is 9.92. The Balaban J connectivity index is 1.42. The van der Waals surface area contributed by atoms with Gasteiger partial charge in [-0.1, -0.05) is 36.5 Å². The number of nitrogens with one attached hydrogen (secondary N) is 1. The lowest BCUT2D eigenvalue weighted by Crippen LogP contribution is -2.14. The minimum atomic E-state index is -2.78. The molecule has 4 aromatic heterocycles. The van der Waals surface area contributed by atoms with Crippen molar-refractivity contribution in [1.29, 1.82) is 0 Å². The van der Waals surface area contributed by atoms with Crippen molar-refractivity contribution in [1.82, 2.24) is 24.9 Å². The molecular formula is C27H24F2N6O2S. The third-order valence-electron chi connectivity index (χ3n) is 6.26. The minimum Gasteiger partial charge on any atom is -0.494 e. The number of aryl methyl sites for hydroxylation is 1. The SMILES string of the molecule is COc1cnc(C(F)F)cc1-c1cc(C)ncc1C(=O)Nc1nc2ncc(C#CC3CCCCC3)nc2s1. The van der Waals surface area contributed by atoms with Crippen LogP contribution in [0.1, 0.15) is 66.0 Å². The average molecular weight is 535 g/mol. The molecule has 1 N–H and O–H groups in total. The zero-order valence-corrected chi connectivity index (χ0v) is 21.6. The minimum absolute atomic E-state index is 0.166. The number of hydrogen-bond acceptors (Lipinski definition) is 8. The standard InChI is InChI=1S/C27H24F2N6O2S/c1-15-10-18(19-11-21(23(28)29)31-14-22(19)37-2)20(13-30-15)25(36)35-27-34-24-26(38-27)33-17(12-32-24)9-8-16-6-4-3-5-7-16/h10-14,16,23H,3-7H2,1-2H3,(H,32,34,35,36). The maximum atomic E-state index is 13.4. The molecule has 0 aliphatic heterocycles. The zero-order valence-electron chi connectivity index (χ0n) is 20.8. The van der Waals surface area contributed by atoms with Crippen molar-refractivity contribution in [3.63, 3.8) is 0 Å². The van der Waals surface area contributed by atoms with Crippen molar-refractivity contribution in [2.75, 3.05) is 12.4 Å². The van der Waals surface area contributed by atoms with Gasteiger partial charge in [0.05, 0.1) is 25.1 Å². The molecule has 4 aromatic rings. The second kappa shape index (κ2) is 11.1. The van der Waals surface area contributed by atoms with E-state index in [-0.39, 0.29) is 11.3 Å². The van der Waals surface area contributed by atoms with Gasteiger partial charge < -0.3 is 4.74 Å². The summed E-state index contributed by atoms with van der Waals surface area (Å²) < 4.78 is 32.1. The molecule has 0 bridgehead atoms. The van der Waals surface area contributed by atoms with Crippen molar-refractivity contribution in [3.05, 3.63) is 53.4 Å². The Kier molecular flexibility index (Phi) is 7.51. The fraction of sp³-hybridized carbons (Fsp3) is 0.333.